The number of benzene rings is 2. The Morgan fingerprint density at radius 3 is 2.37 bits per heavy atom. The van der Waals surface area contributed by atoms with Gasteiger partial charge in [0.1, 0.15) is 0 Å². The number of hydrogen-bond donors (Lipinski definition) is 0. The molecule has 8 nitrogen and oxygen atoms in total. The van der Waals surface area contributed by atoms with Crippen LogP contribution in [0.15, 0.2) is 47.0 Å². The quantitative estimate of drug-likeness (QED) is 0.469. The molecule has 0 spiro atoms. The maximum absolute atomic E-state index is 5.47. The third-order valence-electron chi connectivity index (χ3n) is 4.97. The number of methoxy groups -OCH3 is 2. The summed E-state index contributed by atoms with van der Waals surface area (Å²) in [5.74, 6) is 2.43. The van der Waals surface area contributed by atoms with Gasteiger partial charge in [-0.15, -0.1) is 5.10 Å². The van der Waals surface area contributed by atoms with Crippen LogP contribution in [0.3, 0.4) is 0 Å². The van der Waals surface area contributed by atoms with Crippen molar-refractivity contribution in [2.45, 2.75) is 26.7 Å². The predicted molar refractivity (Wildman–Crippen MR) is 112 cm³/mol. The molecule has 0 aliphatic carbocycles. The summed E-state index contributed by atoms with van der Waals surface area (Å²) in [6.45, 7) is 6.25. The second kappa shape index (κ2) is 7.98. The van der Waals surface area contributed by atoms with Crippen molar-refractivity contribution in [3.63, 3.8) is 0 Å². The molecule has 0 bridgehead atoms. The van der Waals surface area contributed by atoms with Crippen LogP contribution in [0.5, 0.6) is 11.5 Å². The largest absolute Gasteiger partial charge is 0.493 e. The molecule has 0 amide bonds. The molecular formula is C22H23N5O3. The van der Waals surface area contributed by atoms with E-state index in [-0.39, 0.29) is 0 Å². The molecule has 0 radical (unpaired) electrons. The lowest BCUT2D eigenvalue weighted by atomic mass is 10.0. The monoisotopic (exact) mass is 405 g/mol. The van der Waals surface area contributed by atoms with Crippen molar-refractivity contribution in [1.29, 1.82) is 0 Å². The second-order valence-electron chi connectivity index (χ2n) is 7.17. The molecule has 2 aromatic carbocycles. The van der Waals surface area contributed by atoms with Gasteiger partial charge in [0.05, 0.1) is 25.6 Å². The fourth-order valence-corrected chi connectivity index (χ4v) is 3.18. The number of ether oxygens (including phenoxy) is 2. The Hall–Kier alpha value is -3.68. The first-order chi connectivity index (χ1) is 14.5. The summed E-state index contributed by atoms with van der Waals surface area (Å²) >= 11 is 0. The lowest BCUT2D eigenvalue weighted by molar-refractivity contribution is 0.355. The topological polar surface area (TPSA) is 88.1 Å². The van der Waals surface area contributed by atoms with Crippen molar-refractivity contribution in [2.75, 3.05) is 14.2 Å². The standard InChI is InChI=1S/C22H23N5O3/c1-13(2)15-6-9-17(10-7-15)27-14(3)20(24-26-27)22-23-21(25-30-22)16-8-11-18(28-4)19(12-16)29-5/h6-13H,1-5H3. The smallest absolute Gasteiger partial charge is 0.280 e. The summed E-state index contributed by atoms with van der Waals surface area (Å²) in [4.78, 5) is 4.50. The van der Waals surface area contributed by atoms with Gasteiger partial charge in [0.15, 0.2) is 17.2 Å². The molecule has 0 fully saturated rings. The van der Waals surface area contributed by atoms with Crippen LogP contribution in [-0.2, 0) is 0 Å². The maximum atomic E-state index is 5.47. The van der Waals surface area contributed by atoms with Crippen LogP contribution in [-0.4, -0.2) is 39.4 Å². The van der Waals surface area contributed by atoms with E-state index in [4.69, 9.17) is 14.0 Å². The summed E-state index contributed by atoms with van der Waals surface area (Å²) in [6.07, 6.45) is 0. The van der Waals surface area contributed by atoms with Crippen LogP contribution in [0.2, 0.25) is 0 Å². The highest BCUT2D eigenvalue weighted by atomic mass is 16.5. The molecule has 2 heterocycles. The van der Waals surface area contributed by atoms with Crippen molar-refractivity contribution in [2.24, 2.45) is 0 Å². The van der Waals surface area contributed by atoms with E-state index in [1.807, 2.05) is 25.1 Å². The Morgan fingerprint density at radius 1 is 0.967 bits per heavy atom. The van der Waals surface area contributed by atoms with E-state index in [0.29, 0.717) is 34.8 Å². The first-order valence-electron chi connectivity index (χ1n) is 9.61. The molecule has 0 unspecified atom stereocenters. The van der Waals surface area contributed by atoms with E-state index in [9.17, 15) is 0 Å². The Balaban J connectivity index is 1.64. The van der Waals surface area contributed by atoms with E-state index < -0.39 is 0 Å². The van der Waals surface area contributed by atoms with Crippen molar-refractivity contribution >= 4 is 0 Å². The van der Waals surface area contributed by atoms with Gasteiger partial charge in [-0.25, -0.2) is 4.68 Å². The molecule has 4 aromatic rings. The van der Waals surface area contributed by atoms with Gasteiger partial charge in [0.2, 0.25) is 5.82 Å². The minimum absolute atomic E-state index is 0.308. The Morgan fingerprint density at radius 2 is 1.70 bits per heavy atom. The molecule has 0 saturated heterocycles. The summed E-state index contributed by atoms with van der Waals surface area (Å²) in [5.41, 5.74) is 4.30. The minimum Gasteiger partial charge on any atom is -0.493 e. The number of nitrogens with zero attached hydrogens (tertiary/aromatic N) is 5. The van der Waals surface area contributed by atoms with Gasteiger partial charge in [-0.3, -0.25) is 0 Å². The van der Waals surface area contributed by atoms with Gasteiger partial charge in [0.25, 0.3) is 5.89 Å². The van der Waals surface area contributed by atoms with E-state index >= 15 is 0 Å². The average Bonchev–Trinajstić information content (AvgIpc) is 3.40. The predicted octanol–water partition coefficient (Wildman–Crippen LogP) is 4.43. The van der Waals surface area contributed by atoms with Gasteiger partial charge >= 0.3 is 0 Å². The average molecular weight is 405 g/mol. The van der Waals surface area contributed by atoms with Crippen LogP contribution in [0.4, 0.5) is 0 Å². The first-order valence-corrected chi connectivity index (χ1v) is 9.61. The van der Waals surface area contributed by atoms with E-state index in [1.165, 1.54) is 5.56 Å². The molecule has 0 aliphatic rings. The van der Waals surface area contributed by atoms with Gasteiger partial charge in [0, 0.05) is 5.56 Å². The SMILES string of the molecule is COc1ccc(-c2noc(-c3nnn(-c4ccc(C(C)C)cc4)c3C)n2)cc1OC. The number of hydrogen-bond acceptors (Lipinski definition) is 7. The molecule has 8 heteroatoms. The molecule has 2 aromatic heterocycles. The molecule has 0 saturated carbocycles. The van der Waals surface area contributed by atoms with E-state index in [0.717, 1.165) is 16.9 Å². The third-order valence-corrected chi connectivity index (χ3v) is 4.97. The van der Waals surface area contributed by atoms with Gasteiger partial charge in [-0.05, 0) is 48.7 Å². The molecule has 0 aliphatic heterocycles. The lowest BCUT2D eigenvalue weighted by Gasteiger charge is -2.07. The fourth-order valence-electron chi connectivity index (χ4n) is 3.18. The molecule has 154 valence electrons. The van der Waals surface area contributed by atoms with Crippen LogP contribution in [0.25, 0.3) is 28.7 Å². The van der Waals surface area contributed by atoms with Gasteiger partial charge < -0.3 is 14.0 Å². The molecule has 0 atom stereocenters. The van der Waals surface area contributed by atoms with Crippen molar-refractivity contribution in [3.05, 3.63) is 53.7 Å². The highest BCUT2D eigenvalue weighted by molar-refractivity contribution is 5.63. The van der Waals surface area contributed by atoms with Crippen LogP contribution < -0.4 is 9.47 Å². The minimum atomic E-state index is 0.308. The van der Waals surface area contributed by atoms with Crippen molar-refractivity contribution < 1.29 is 14.0 Å². The van der Waals surface area contributed by atoms with Crippen LogP contribution in [0, 0.1) is 6.92 Å². The lowest BCUT2D eigenvalue weighted by Crippen LogP contribution is -1.99. The van der Waals surface area contributed by atoms with E-state index in [2.05, 4.69) is 46.4 Å². The first kappa shape index (κ1) is 19.6. The van der Waals surface area contributed by atoms with Gasteiger partial charge in [-0.1, -0.05) is 36.4 Å². The second-order valence-corrected chi connectivity index (χ2v) is 7.17. The highest BCUT2D eigenvalue weighted by Gasteiger charge is 2.19. The summed E-state index contributed by atoms with van der Waals surface area (Å²) < 4.78 is 17.9. The molecule has 4 rings (SSSR count). The molecular weight excluding hydrogens is 382 g/mol. The maximum Gasteiger partial charge on any atom is 0.280 e. The number of rotatable bonds is 6. The van der Waals surface area contributed by atoms with Crippen molar-refractivity contribution in [3.8, 4) is 40.2 Å². The molecule has 0 N–H and O–H groups in total. The van der Waals surface area contributed by atoms with E-state index in [1.54, 1.807) is 31.0 Å². The number of aromatic nitrogens is 5. The fraction of sp³-hybridized carbons (Fsp3) is 0.273. The Bertz CT molecular complexity index is 1160. The van der Waals surface area contributed by atoms with Crippen LogP contribution in [0.1, 0.15) is 31.0 Å². The zero-order chi connectivity index (χ0) is 21.3. The normalized spacial score (nSPS) is 11.1. The van der Waals surface area contributed by atoms with Crippen molar-refractivity contribution in [1.82, 2.24) is 25.1 Å². The Labute approximate surface area is 174 Å². The van der Waals surface area contributed by atoms with Crippen LogP contribution >= 0.6 is 0 Å². The Kier molecular flexibility index (Phi) is 5.22. The third kappa shape index (κ3) is 3.52. The highest BCUT2D eigenvalue weighted by Crippen LogP contribution is 2.32. The zero-order valence-electron chi connectivity index (χ0n) is 17.6. The zero-order valence-corrected chi connectivity index (χ0v) is 17.6. The summed E-state index contributed by atoms with van der Waals surface area (Å²) in [6, 6.07) is 13.7. The summed E-state index contributed by atoms with van der Waals surface area (Å²) in [7, 11) is 3.17. The van der Waals surface area contributed by atoms with Gasteiger partial charge in [-0.2, -0.15) is 4.98 Å². The summed E-state index contributed by atoms with van der Waals surface area (Å²) in [5, 5.41) is 12.6. The molecule has 30 heavy (non-hydrogen) atoms.